The topological polar surface area (TPSA) is 20.3 Å². The smallest absolute Gasteiger partial charge is 0.227 e. The van der Waals surface area contributed by atoms with Crippen molar-refractivity contribution in [1.29, 1.82) is 0 Å². The Morgan fingerprint density at radius 3 is 2.50 bits per heavy atom. The Morgan fingerprint density at radius 1 is 1.15 bits per heavy atom. The summed E-state index contributed by atoms with van der Waals surface area (Å²) in [6, 6.07) is 13.5. The summed E-state index contributed by atoms with van der Waals surface area (Å²) < 4.78 is 13.1. The van der Waals surface area contributed by atoms with Crippen LogP contribution in [0.15, 0.2) is 48.5 Å². The molecule has 2 nitrogen and oxygen atoms in total. The van der Waals surface area contributed by atoms with E-state index in [0.29, 0.717) is 17.1 Å². The van der Waals surface area contributed by atoms with Gasteiger partial charge in [-0.05, 0) is 35.4 Å². The maximum atomic E-state index is 13.1. The molecule has 2 aromatic rings. The standard InChI is InChI=1S/C16H15ClFNO/c1-19(11-12-5-7-14(17)8-6-12)16(20)10-13-3-2-4-15(18)9-13/h2-9H,10-11H2,1H3. The fourth-order valence-electron chi connectivity index (χ4n) is 1.91. The third-order valence-corrected chi connectivity index (χ3v) is 3.26. The Morgan fingerprint density at radius 2 is 1.85 bits per heavy atom. The summed E-state index contributed by atoms with van der Waals surface area (Å²) in [4.78, 5) is 13.7. The number of carbonyl (C=O) groups is 1. The summed E-state index contributed by atoms with van der Waals surface area (Å²) in [6.07, 6.45) is 0.196. The fourth-order valence-corrected chi connectivity index (χ4v) is 2.03. The van der Waals surface area contributed by atoms with E-state index >= 15 is 0 Å². The van der Waals surface area contributed by atoms with Crippen LogP contribution in [0.2, 0.25) is 5.02 Å². The van der Waals surface area contributed by atoms with E-state index in [1.807, 2.05) is 12.1 Å². The number of amides is 1. The first-order chi connectivity index (χ1) is 9.54. The summed E-state index contributed by atoms with van der Waals surface area (Å²) in [6.45, 7) is 0.505. The molecule has 20 heavy (non-hydrogen) atoms. The minimum atomic E-state index is -0.323. The number of hydrogen-bond donors (Lipinski definition) is 0. The van der Waals surface area contributed by atoms with Gasteiger partial charge in [-0.15, -0.1) is 0 Å². The summed E-state index contributed by atoms with van der Waals surface area (Å²) in [5.74, 6) is -0.374. The molecule has 0 aromatic heterocycles. The van der Waals surface area contributed by atoms with Crippen LogP contribution in [0.25, 0.3) is 0 Å². The SMILES string of the molecule is CN(Cc1ccc(Cl)cc1)C(=O)Cc1cccc(F)c1. The Balaban J connectivity index is 1.96. The lowest BCUT2D eigenvalue weighted by Crippen LogP contribution is -2.27. The second-order valence-electron chi connectivity index (χ2n) is 4.68. The van der Waals surface area contributed by atoms with Crippen molar-refractivity contribution in [2.45, 2.75) is 13.0 Å². The van der Waals surface area contributed by atoms with Crippen LogP contribution >= 0.6 is 11.6 Å². The highest BCUT2D eigenvalue weighted by molar-refractivity contribution is 6.30. The molecule has 0 unspecified atom stereocenters. The number of benzene rings is 2. The van der Waals surface area contributed by atoms with E-state index in [4.69, 9.17) is 11.6 Å². The molecule has 0 spiro atoms. The van der Waals surface area contributed by atoms with E-state index < -0.39 is 0 Å². The molecule has 0 heterocycles. The van der Waals surface area contributed by atoms with Gasteiger partial charge in [-0.25, -0.2) is 4.39 Å². The van der Waals surface area contributed by atoms with Crippen LogP contribution < -0.4 is 0 Å². The van der Waals surface area contributed by atoms with E-state index in [2.05, 4.69) is 0 Å². The van der Waals surface area contributed by atoms with Crippen molar-refractivity contribution in [3.05, 3.63) is 70.5 Å². The van der Waals surface area contributed by atoms with Crippen LogP contribution in [0, 0.1) is 5.82 Å². The predicted molar refractivity (Wildman–Crippen MR) is 78.0 cm³/mol. The molecule has 0 aliphatic rings. The number of carbonyl (C=O) groups excluding carboxylic acids is 1. The molecule has 0 N–H and O–H groups in total. The zero-order valence-electron chi connectivity index (χ0n) is 11.1. The van der Waals surface area contributed by atoms with E-state index in [0.717, 1.165) is 5.56 Å². The van der Waals surface area contributed by atoms with E-state index in [1.165, 1.54) is 12.1 Å². The van der Waals surface area contributed by atoms with Gasteiger partial charge in [0.25, 0.3) is 0 Å². The first-order valence-corrected chi connectivity index (χ1v) is 6.65. The molecular formula is C16H15ClFNO. The highest BCUT2D eigenvalue weighted by Gasteiger charge is 2.10. The normalized spacial score (nSPS) is 10.3. The van der Waals surface area contributed by atoms with Gasteiger partial charge in [0.05, 0.1) is 6.42 Å². The van der Waals surface area contributed by atoms with E-state index in [9.17, 15) is 9.18 Å². The summed E-state index contributed by atoms with van der Waals surface area (Å²) in [5, 5.41) is 0.669. The predicted octanol–water partition coefficient (Wildman–Crippen LogP) is 3.68. The third kappa shape index (κ3) is 4.07. The van der Waals surface area contributed by atoms with Crippen molar-refractivity contribution < 1.29 is 9.18 Å². The lowest BCUT2D eigenvalue weighted by atomic mass is 10.1. The number of hydrogen-bond acceptors (Lipinski definition) is 1. The van der Waals surface area contributed by atoms with Gasteiger partial charge in [0.15, 0.2) is 0 Å². The van der Waals surface area contributed by atoms with Crippen LogP contribution in [0.1, 0.15) is 11.1 Å². The largest absolute Gasteiger partial charge is 0.341 e. The number of likely N-dealkylation sites (N-methyl/N-ethyl adjacent to an activating group) is 1. The molecule has 2 aromatic carbocycles. The molecular weight excluding hydrogens is 277 g/mol. The second-order valence-corrected chi connectivity index (χ2v) is 5.12. The highest BCUT2D eigenvalue weighted by atomic mass is 35.5. The Bertz CT molecular complexity index is 598. The van der Waals surface area contributed by atoms with Crippen LogP contribution in [0.5, 0.6) is 0 Å². The monoisotopic (exact) mass is 291 g/mol. The fraction of sp³-hybridized carbons (Fsp3) is 0.188. The molecule has 0 saturated heterocycles. The molecule has 2 rings (SSSR count). The van der Waals surface area contributed by atoms with Gasteiger partial charge in [-0.1, -0.05) is 35.9 Å². The van der Waals surface area contributed by atoms with Gasteiger partial charge < -0.3 is 4.90 Å². The molecule has 4 heteroatoms. The van der Waals surface area contributed by atoms with Crippen molar-refractivity contribution in [3.8, 4) is 0 Å². The maximum Gasteiger partial charge on any atom is 0.227 e. The quantitative estimate of drug-likeness (QED) is 0.841. The Kier molecular flexibility index (Phi) is 4.74. The minimum Gasteiger partial charge on any atom is -0.341 e. The summed E-state index contributed by atoms with van der Waals surface area (Å²) in [5.41, 5.74) is 1.68. The molecule has 0 bridgehead atoms. The second kappa shape index (κ2) is 6.53. The van der Waals surface area contributed by atoms with Crippen molar-refractivity contribution in [2.75, 3.05) is 7.05 Å². The van der Waals surface area contributed by atoms with Gasteiger partial charge in [0, 0.05) is 18.6 Å². The van der Waals surface area contributed by atoms with Crippen LogP contribution in [-0.2, 0) is 17.8 Å². The van der Waals surface area contributed by atoms with Crippen LogP contribution in [-0.4, -0.2) is 17.9 Å². The van der Waals surface area contributed by atoms with Crippen LogP contribution in [0.3, 0.4) is 0 Å². The first-order valence-electron chi connectivity index (χ1n) is 6.27. The van der Waals surface area contributed by atoms with Gasteiger partial charge >= 0.3 is 0 Å². The third-order valence-electron chi connectivity index (χ3n) is 3.00. The number of rotatable bonds is 4. The zero-order valence-corrected chi connectivity index (χ0v) is 11.9. The van der Waals surface area contributed by atoms with E-state index in [1.54, 1.807) is 36.2 Å². The molecule has 0 aliphatic heterocycles. The summed E-state index contributed by atoms with van der Waals surface area (Å²) >= 11 is 5.82. The Hall–Kier alpha value is -1.87. The zero-order chi connectivity index (χ0) is 14.5. The highest BCUT2D eigenvalue weighted by Crippen LogP contribution is 2.12. The molecule has 0 aliphatic carbocycles. The number of nitrogens with zero attached hydrogens (tertiary/aromatic N) is 1. The molecule has 0 radical (unpaired) electrons. The molecule has 104 valence electrons. The van der Waals surface area contributed by atoms with Crippen molar-refractivity contribution in [2.24, 2.45) is 0 Å². The molecule has 1 amide bonds. The minimum absolute atomic E-state index is 0.0504. The lowest BCUT2D eigenvalue weighted by Gasteiger charge is -2.17. The average Bonchev–Trinajstić information content (AvgIpc) is 2.41. The maximum absolute atomic E-state index is 13.1. The van der Waals surface area contributed by atoms with Gasteiger partial charge in [0.2, 0.25) is 5.91 Å². The van der Waals surface area contributed by atoms with Crippen LogP contribution in [0.4, 0.5) is 4.39 Å². The van der Waals surface area contributed by atoms with E-state index in [-0.39, 0.29) is 18.1 Å². The van der Waals surface area contributed by atoms with Crippen molar-refractivity contribution in [3.63, 3.8) is 0 Å². The molecule has 0 saturated carbocycles. The first kappa shape index (κ1) is 14.5. The lowest BCUT2D eigenvalue weighted by molar-refractivity contribution is -0.129. The van der Waals surface area contributed by atoms with Gasteiger partial charge in [-0.2, -0.15) is 0 Å². The average molecular weight is 292 g/mol. The van der Waals surface area contributed by atoms with Gasteiger partial charge in [0.1, 0.15) is 5.82 Å². The summed E-state index contributed by atoms with van der Waals surface area (Å²) in [7, 11) is 1.73. The molecule has 0 fully saturated rings. The number of halogens is 2. The Labute approximate surface area is 122 Å². The molecule has 0 atom stereocenters. The van der Waals surface area contributed by atoms with Crippen molar-refractivity contribution in [1.82, 2.24) is 4.90 Å². The van der Waals surface area contributed by atoms with Crippen molar-refractivity contribution >= 4 is 17.5 Å². The van der Waals surface area contributed by atoms with Gasteiger partial charge in [-0.3, -0.25) is 4.79 Å².